The van der Waals surface area contributed by atoms with Crippen molar-refractivity contribution in [1.29, 1.82) is 0 Å². The minimum absolute atomic E-state index is 0.105. The molecule has 1 heterocycles. The number of halogens is 2. The second kappa shape index (κ2) is 5.96. The van der Waals surface area contributed by atoms with Crippen LogP contribution in [0.3, 0.4) is 0 Å². The lowest BCUT2D eigenvalue weighted by Gasteiger charge is -2.00. The van der Waals surface area contributed by atoms with Gasteiger partial charge >= 0.3 is 5.97 Å². The van der Waals surface area contributed by atoms with Gasteiger partial charge in [-0.25, -0.2) is 13.6 Å². The van der Waals surface area contributed by atoms with Crippen molar-refractivity contribution in [2.45, 2.75) is 0 Å². The topological polar surface area (TPSA) is 65.2 Å². The molecule has 0 aliphatic carbocycles. The number of benzene rings is 2. The standard InChI is InChI=1S/C16H10F2N2O3/c1-22-16(21)10-5-2-4-9(8-10)14-19-15(23-20-14)13-11(17)6-3-7-12(13)18/h2-8H,1H3. The number of aromatic nitrogens is 2. The Labute approximate surface area is 129 Å². The first-order chi connectivity index (χ1) is 11.1. The second-order valence-electron chi connectivity index (χ2n) is 4.59. The van der Waals surface area contributed by atoms with E-state index in [-0.39, 0.29) is 11.7 Å². The summed E-state index contributed by atoms with van der Waals surface area (Å²) >= 11 is 0. The van der Waals surface area contributed by atoms with E-state index in [0.717, 1.165) is 12.1 Å². The Hall–Kier alpha value is -3.09. The van der Waals surface area contributed by atoms with Crippen LogP contribution in [-0.2, 0) is 4.74 Å². The monoisotopic (exact) mass is 316 g/mol. The molecule has 1 aromatic heterocycles. The van der Waals surface area contributed by atoms with Crippen molar-refractivity contribution >= 4 is 5.97 Å². The first-order valence-electron chi connectivity index (χ1n) is 6.57. The van der Waals surface area contributed by atoms with Crippen molar-refractivity contribution in [2.24, 2.45) is 0 Å². The first kappa shape index (κ1) is 14.8. The summed E-state index contributed by atoms with van der Waals surface area (Å²) in [5, 5.41) is 3.70. The van der Waals surface area contributed by atoms with Gasteiger partial charge in [0.1, 0.15) is 17.2 Å². The van der Waals surface area contributed by atoms with Crippen LogP contribution in [0.2, 0.25) is 0 Å². The molecule has 0 saturated heterocycles. The van der Waals surface area contributed by atoms with Gasteiger partial charge in [0.05, 0.1) is 12.7 Å². The molecule has 0 radical (unpaired) electrons. The van der Waals surface area contributed by atoms with Gasteiger partial charge in [-0.1, -0.05) is 23.4 Å². The Kier molecular flexibility index (Phi) is 3.84. The molecule has 0 amide bonds. The predicted octanol–water partition coefficient (Wildman–Crippen LogP) is 3.47. The number of ether oxygens (including phenoxy) is 1. The maximum atomic E-state index is 13.7. The van der Waals surface area contributed by atoms with E-state index >= 15 is 0 Å². The van der Waals surface area contributed by atoms with E-state index in [2.05, 4.69) is 14.9 Å². The van der Waals surface area contributed by atoms with Crippen molar-refractivity contribution in [1.82, 2.24) is 10.1 Å². The van der Waals surface area contributed by atoms with Gasteiger partial charge in [-0.05, 0) is 24.3 Å². The zero-order valence-electron chi connectivity index (χ0n) is 11.9. The van der Waals surface area contributed by atoms with Crippen LogP contribution in [0.5, 0.6) is 0 Å². The number of hydrogen-bond acceptors (Lipinski definition) is 5. The highest BCUT2D eigenvalue weighted by atomic mass is 19.1. The summed E-state index contributed by atoms with van der Waals surface area (Å²) in [6, 6.07) is 9.75. The molecule has 0 spiro atoms. The fraction of sp³-hybridized carbons (Fsp3) is 0.0625. The maximum absolute atomic E-state index is 13.7. The minimum Gasteiger partial charge on any atom is -0.465 e. The molecule has 0 bridgehead atoms. The molecule has 3 aromatic rings. The zero-order chi connectivity index (χ0) is 16.4. The molecule has 0 aliphatic heterocycles. The number of carbonyl (C=O) groups is 1. The number of esters is 1. The molecule has 0 saturated carbocycles. The lowest BCUT2D eigenvalue weighted by atomic mass is 10.1. The average molecular weight is 316 g/mol. The van der Waals surface area contributed by atoms with Gasteiger partial charge in [0, 0.05) is 5.56 Å². The van der Waals surface area contributed by atoms with E-state index in [0.29, 0.717) is 11.1 Å². The number of hydrogen-bond donors (Lipinski definition) is 0. The molecule has 7 heteroatoms. The van der Waals surface area contributed by atoms with Crippen molar-refractivity contribution in [3.8, 4) is 22.8 Å². The Balaban J connectivity index is 2.01. The highest BCUT2D eigenvalue weighted by molar-refractivity contribution is 5.90. The maximum Gasteiger partial charge on any atom is 0.337 e. The predicted molar refractivity (Wildman–Crippen MR) is 76.4 cm³/mol. The summed E-state index contributed by atoms with van der Waals surface area (Å²) in [5.74, 6) is -2.30. The van der Waals surface area contributed by atoms with Crippen LogP contribution in [0.25, 0.3) is 22.8 Å². The van der Waals surface area contributed by atoms with Crippen molar-refractivity contribution in [2.75, 3.05) is 7.11 Å². The largest absolute Gasteiger partial charge is 0.465 e. The van der Waals surface area contributed by atoms with Gasteiger partial charge in [-0.2, -0.15) is 4.98 Å². The lowest BCUT2D eigenvalue weighted by Crippen LogP contribution is -2.00. The molecule has 0 fully saturated rings. The number of rotatable bonds is 3. The molecule has 0 N–H and O–H groups in total. The van der Waals surface area contributed by atoms with Crippen LogP contribution in [-0.4, -0.2) is 23.2 Å². The third-order valence-corrected chi connectivity index (χ3v) is 3.14. The van der Waals surface area contributed by atoms with Gasteiger partial charge in [0.15, 0.2) is 0 Å². The van der Waals surface area contributed by atoms with E-state index in [4.69, 9.17) is 4.52 Å². The third-order valence-electron chi connectivity index (χ3n) is 3.14. The van der Waals surface area contributed by atoms with Crippen LogP contribution < -0.4 is 0 Å². The van der Waals surface area contributed by atoms with E-state index in [1.807, 2.05) is 0 Å². The lowest BCUT2D eigenvalue weighted by molar-refractivity contribution is 0.0601. The summed E-state index contributed by atoms with van der Waals surface area (Å²) in [5.41, 5.74) is 0.364. The van der Waals surface area contributed by atoms with E-state index in [1.165, 1.54) is 19.2 Å². The summed E-state index contributed by atoms with van der Waals surface area (Å²) < 4.78 is 37.0. The summed E-state index contributed by atoms with van der Waals surface area (Å²) in [6.07, 6.45) is 0. The highest BCUT2D eigenvalue weighted by Crippen LogP contribution is 2.27. The number of methoxy groups -OCH3 is 1. The Bertz CT molecular complexity index is 857. The molecular formula is C16H10F2N2O3. The van der Waals surface area contributed by atoms with Crippen LogP contribution in [0.1, 0.15) is 10.4 Å². The molecule has 3 rings (SSSR count). The third kappa shape index (κ3) is 2.80. The van der Waals surface area contributed by atoms with E-state index in [1.54, 1.807) is 18.2 Å². The van der Waals surface area contributed by atoms with Crippen molar-refractivity contribution < 1.29 is 22.8 Å². The van der Waals surface area contributed by atoms with Crippen LogP contribution >= 0.6 is 0 Å². The Morgan fingerprint density at radius 2 is 1.83 bits per heavy atom. The number of nitrogens with zero attached hydrogens (tertiary/aromatic N) is 2. The van der Waals surface area contributed by atoms with Gasteiger partial charge in [-0.3, -0.25) is 0 Å². The SMILES string of the molecule is COC(=O)c1cccc(-c2noc(-c3c(F)cccc3F)n2)c1. The molecule has 0 atom stereocenters. The van der Waals surface area contributed by atoms with Crippen molar-refractivity contribution in [3.05, 3.63) is 59.7 Å². The molecule has 116 valence electrons. The summed E-state index contributed by atoms with van der Waals surface area (Å²) in [6.45, 7) is 0. The first-order valence-corrected chi connectivity index (χ1v) is 6.57. The summed E-state index contributed by atoms with van der Waals surface area (Å²) in [4.78, 5) is 15.5. The zero-order valence-corrected chi connectivity index (χ0v) is 11.9. The Morgan fingerprint density at radius 1 is 1.13 bits per heavy atom. The molecule has 2 aromatic carbocycles. The van der Waals surface area contributed by atoms with E-state index < -0.39 is 23.2 Å². The number of carbonyl (C=O) groups excluding carboxylic acids is 1. The van der Waals surface area contributed by atoms with E-state index in [9.17, 15) is 13.6 Å². The molecule has 0 aliphatic rings. The van der Waals surface area contributed by atoms with Crippen LogP contribution in [0, 0.1) is 11.6 Å². The fourth-order valence-corrected chi connectivity index (χ4v) is 2.05. The molecule has 0 unspecified atom stereocenters. The molecule has 23 heavy (non-hydrogen) atoms. The highest BCUT2D eigenvalue weighted by Gasteiger charge is 2.19. The quantitative estimate of drug-likeness (QED) is 0.692. The van der Waals surface area contributed by atoms with Gasteiger partial charge in [0.2, 0.25) is 5.82 Å². The van der Waals surface area contributed by atoms with Gasteiger partial charge in [0.25, 0.3) is 5.89 Å². The van der Waals surface area contributed by atoms with Gasteiger partial charge in [-0.15, -0.1) is 0 Å². The second-order valence-corrected chi connectivity index (χ2v) is 4.59. The van der Waals surface area contributed by atoms with Crippen LogP contribution in [0.4, 0.5) is 8.78 Å². The Morgan fingerprint density at radius 3 is 2.52 bits per heavy atom. The average Bonchev–Trinajstić information content (AvgIpc) is 3.04. The fourth-order valence-electron chi connectivity index (χ4n) is 2.05. The van der Waals surface area contributed by atoms with Crippen LogP contribution in [0.15, 0.2) is 47.0 Å². The van der Waals surface area contributed by atoms with Crippen molar-refractivity contribution in [3.63, 3.8) is 0 Å². The minimum atomic E-state index is -0.802. The normalized spacial score (nSPS) is 10.6. The smallest absolute Gasteiger partial charge is 0.337 e. The van der Waals surface area contributed by atoms with Gasteiger partial charge < -0.3 is 9.26 Å². The summed E-state index contributed by atoms with van der Waals surface area (Å²) in [7, 11) is 1.27. The molecule has 5 nitrogen and oxygen atoms in total. The molecular weight excluding hydrogens is 306 g/mol.